The average Bonchev–Trinajstić information content (AvgIpc) is 2.65. The number of rotatable bonds is 4. The Kier molecular flexibility index (Phi) is 4.31. The number of ether oxygens (including phenoxy) is 1. The highest BCUT2D eigenvalue weighted by Gasteiger charge is 2.54. The number of nitrogens with one attached hydrogen (secondary N) is 1. The third-order valence-electron chi connectivity index (χ3n) is 6.09. The van der Waals surface area contributed by atoms with Crippen LogP contribution in [0.4, 0.5) is 5.69 Å². The number of fused-ring (bicyclic) bond motifs is 4. The summed E-state index contributed by atoms with van der Waals surface area (Å²) in [4.78, 5) is 1.63. The van der Waals surface area contributed by atoms with Gasteiger partial charge < -0.3 is 25.4 Å². The lowest BCUT2D eigenvalue weighted by molar-refractivity contribution is -0.329. The number of anilines is 1. The lowest BCUT2D eigenvalue weighted by atomic mass is 9.71. The summed E-state index contributed by atoms with van der Waals surface area (Å²) in [6.45, 7) is 5.00. The van der Waals surface area contributed by atoms with Gasteiger partial charge in [-0.05, 0) is 42.0 Å². The molecule has 1 unspecified atom stereocenters. The van der Waals surface area contributed by atoms with Crippen molar-refractivity contribution < 1.29 is 20.1 Å². The molecule has 0 aliphatic carbocycles. The van der Waals surface area contributed by atoms with Crippen LogP contribution in [0.1, 0.15) is 18.4 Å². The van der Waals surface area contributed by atoms with E-state index in [-0.39, 0.29) is 24.3 Å². The predicted octanol–water partition coefficient (Wildman–Crippen LogP) is 1.40. The Morgan fingerprint density at radius 3 is 2.92 bits per heavy atom. The molecule has 140 valence electrons. The Morgan fingerprint density at radius 2 is 2.23 bits per heavy atom. The number of piperidine rings is 3. The van der Waals surface area contributed by atoms with Gasteiger partial charge in [-0.1, -0.05) is 12.2 Å². The van der Waals surface area contributed by atoms with Crippen LogP contribution in [-0.2, 0) is 0 Å². The SMILES string of the molecule is C=C[C@H]1CN2[C@H]([C@H](O)C3=CCNc4ccc(OC)cc43)C[C@@H]1CC2(O)O. The second kappa shape index (κ2) is 6.39. The van der Waals surface area contributed by atoms with Crippen LogP contribution >= 0.6 is 0 Å². The predicted molar refractivity (Wildman–Crippen MR) is 99.5 cm³/mol. The quantitative estimate of drug-likeness (QED) is 0.481. The van der Waals surface area contributed by atoms with Gasteiger partial charge in [0.2, 0.25) is 5.91 Å². The lowest BCUT2D eigenvalue weighted by Gasteiger charge is -2.56. The zero-order valence-corrected chi connectivity index (χ0v) is 14.9. The zero-order chi connectivity index (χ0) is 18.5. The van der Waals surface area contributed by atoms with E-state index < -0.39 is 12.0 Å². The average molecular weight is 358 g/mol. The number of hydrogen-bond donors (Lipinski definition) is 4. The molecule has 0 saturated carbocycles. The molecule has 4 heterocycles. The molecule has 4 aliphatic heterocycles. The van der Waals surface area contributed by atoms with Crippen molar-refractivity contribution in [1.29, 1.82) is 0 Å². The summed E-state index contributed by atoms with van der Waals surface area (Å²) in [6, 6.07) is 5.39. The molecule has 3 saturated heterocycles. The molecule has 5 rings (SSSR count). The first kappa shape index (κ1) is 17.5. The van der Waals surface area contributed by atoms with E-state index in [4.69, 9.17) is 4.74 Å². The van der Waals surface area contributed by atoms with Gasteiger partial charge in [0, 0.05) is 36.8 Å². The summed E-state index contributed by atoms with van der Waals surface area (Å²) < 4.78 is 5.33. The second-order valence-electron chi connectivity index (χ2n) is 7.49. The maximum atomic E-state index is 11.2. The molecule has 2 bridgehead atoms. The first-order chi connectivity index (χ1) is 12.4. The van der Waals surface area contributed by atoms with Gasteiger partial charge in [-0.15, -0.1) is 6.58 Å². The highest BCUT2D eigenvalue weighted by atomic mass is 16.5. The van der Waals surface area contributed by atoms with Gasteiger partial charge in [0.15, 0.2) is 0 Å². The van der Waals surface area contributed by atoms with E-state index in [1.54, 1.807) is 12.0 Å². The van der Waals surface area contributed by atoms with Crippen molar-refractivity contribution >= 4 is 11.3 Å². The molecule has 4 N–H and O–H groups in total. The number of hydrogen-bond acceptors (Lipinski definition) is 6. The molecular formula is C20H26N2O4. The fraction of sp³-hybridized carbons (Fsp3) is 0.500. The molecule has 4 aliphatic rings. The summed E-state index contributed by atoms with van der Waals surface area (Å²) in [5, 5.41) is 35.4. The summed E-state index contributed by atoms with van der Waals surface area (Å²) in [6.07, 6.45) is 4.05. The Balaban J connectivity index is 1.66. The monoisotopic (exact) mass is 358 g/mol. The minimum Gasteiger partial charge on any atom is -0.497 e. The van der Waals surface area contributed by atoms with Crippen LogP contribution in [0.3, 0.4) is 0 Å². The van der Waals surface area contributed by atoms with Gasteiger partial charge in [0.1, 0.15) is 5.75 Å². The van der Waals surface area contributed by atoms with Crippen LogP contribution in [0.5, 0.6) is 5.75 Å². The van der Waals surface area contributed by atoms with E-state index in [0.29, 0.717) is 19.5 Å². The Hall–Kier alpha value is -1.86. The summed E-state index contributed by atoms with van der Waals surface area (Å²) in [5.74, 6) is -0.820. The van der Waals surface area contributed by atoms with Crippen molar-refractivity contribution in [3.8, 4) is 5.75 Å². The lowest BCUT2D eigenvalue weighted by Crippen LogP contribution is -2.68. The molecule has 1 aromatic rings. The normalized spacial score (nSPS) is 32.8. The zero-order valence-electron chi connectivity index (χ0n) is 14.9. The highest BCUT2D eigenvalue weighted by Crippen LogP contribution is 2.46. The van der Waals surface area contributed by atoms with Gasteiger partial charge in [-0.25, -0.2) is 4.90 Å². The fourth-order valence-electron chi connectivity index (χ4n) is 4.72. The van der Waals surface area contributed by atoms with Crippen molar-refractivity contribution in [2.24, 2.45) is 11.8 Å². The van der Waals surface area contributed by atoms with E-state index in [2.05, 4.69) is 11.9 Å². The van der Waals surface area contributed by atoms with E-state index in [1.165, 1.54) is 0 Å². The molecule has 1 aromatic carbocycles. The van der Waals surface area contributed by atoms with Crippen LogP contribution < -0.4 is 10.1 Å². The smallest absolute Gasteiger partial charge is 0.225 e. The Labute approximate surface area is 153 Å². The summed E-state index contributed by atoms with van der Waals surface area (Å²) in [7, 11) is 1.62. The van der Waals surface area contributed by atoms with E-state index in [0.717, 1.165) is 22.6 Å². The Morgan fingerprint density at radius 1 is 1.42 bits per heavy atom. The third kappa shape index (κ3) is 2.74. The molecule has 26 heavy (non-hydrogen) atoms. The van der Waals surface area contributed by atoms with Crippen molar-refractivity contribution in [2.75, 3.05) is 25.5 Å². The van der Waals surface area contributed by atoms with Crippen LogP contribution in [0, 0.1) is 11.8 Å². The van der Waals surface area contributed by atoms with Crippen LogP contribution in [-0.4, -0.2) is 58.5 Å². The Bertz CT molecular complexity index is 745. The second-order valence-corrected chi connectivity index (χ2v) is 7.49. The van der Waals surface area contributed by atoms with Crippen molar-refractivity contribution in [2.45, 2.75) is 30.9 Å². The van der Waals surface area contributed by atoms with E-state index in [1.807, 2.05) is 30.4 Å². The van der Waals surface area contributed by atoms with Gasteiger partial charge in [0.05, 0.1) is 13.2 Å². The molecule has 0 amide bonds. The number of aliphatic hydroxyl groups excluding tert-OH is 1. The molecule has 6 nitrogen and oxygen atoms in total. The fourth-order valence-corrected chi connectivity index (χ4v) is 4.72. The maximum absolute atomic E-state index is 11.2. The number of benzene rings is 1. The van der Waals surface area contributed by atoms with Crippen molar-refractivity contribution in [1.82, 2.24) is 4.90 Å². The van der Waals surface area contributed by atoms with Crippen molar-refractivity contribution in [3.05, 3.63) is 42.5 Å². The minimum absolute atomic E-state index is 0.110. The molecule has 0 spiro atoms. The number of aliphatic hydroxyl groups is 3. The number of methoxy groups -OCH3 is 1. The molecular weight excluding hydrogens is 332 g/mol. The molecule has 0 radical (unpaired) electrons. The van der Waals surface area contributed by atoms with Gasteiger partial charge in [-0.2, -0.15) is 0 Å². The molecule has 3 fully saturated rings. The minimum atomic E-state index is -1.88. The largest absolute Gasteiger partial charge is 0.497 e. The first-order valence-corrected chi connectivity index (χ1v) is 9.09. The van der Waals surface area contributed by atoms with Crippen LogP contribution in [0.25, 0.3) is 5.57 Å². The first-order valence-electron chi connectivity index (χ1n) is 9.09. The van der Waals surface area contributed by atoms with E-state index in [9.17, 15) is 15.3 Å². The molecule has 5 atom stereocenters. The summed E-state index contributed by atoms with van der Waals surface area (Å²) >= 11 is 0. The van der Waals surface area contributed by atoms with Gasteiger partial charge in [0.25, 0.3) is 0 Å². The summed E-state index contributed by atoms with van der Waals surface area (Å²) in [5.41, 5.74) is 2.65. The molecule has 0 aromatic heterocycles. The van der Waals surface area contributed by atoms with Crippen LogP contribution in [0.15, 0.2) is 36.9 Å². The van der Waals surface area contributed by atoms with Gasteiger partial charge >= 0.3 is 0 Å². The number of nitrogens with zero attached hydrogens (tertiary/aromatic N) is 1. The third-order valence-corrected chi connectivity index (χ3v) is 6.09. The van der Waals surface area contributed by atoms with Crippen molar-refractivity contribution in [3.63, 3.8) is 0 Å². The maximum Gasteiger partial charge on any atom is 0.225 e. The molecule has 6 heteroatoms. The van der Waals surface area contributed by atoms with Gasteiger partial charge in [-0.3, -0.25) is 0 Å². The topological polar surface area (TPSA) is 85.2 Å². The van der Waals surface area contributed by atoms with Crippen LogP contribution in [0.2, 0.25) is 0 Å². The highest BCUT2D eigenvalue weighted by molar-refractivity contribution is 5.82. The van der Waals surface area contributed by atoms with E-state index >= 15 is 0 Å². The standard InChI is InChI=1S/C20H26N2O4/c1-3-12-11-22-18(8-13(12)10-20(22,24)25)19(23)15-6-7-21-17-5-4-14(26-2)9-16(15)17/h3-6,9,12-13,18-19,21,23-25H,1,7-8,10-11H2,2H3/t12-,13+,18-,19+/m0/s1.